The number of cyclic esters (lactones) is 1. The largest absolute Gasteiger partial charge is 0.464 e. The number of methoxy groups -OCH3 is 1. The number of nitrogens with one attached hydrogen (secondary N) is 2. The number of aromatic nitrogens is 3. The molecule has 6 saturated heterocycles. The van der Waals surface area contributed by atoms with Crippen molar-refractivity contribution in [2.45, 2.75) is 154 Å². The van der Waals surface area contributed by atoms with Gasteiger partial charge in [0.25, 0.3) is 5.91 Å². The molecule has 436 valence electrons. The van der Waals surface area contributed by atoms with Crippen molar-refractivity contribution in [2.75, 3.05) is 97.8 Å². The molecule has 8 fully saturated rings. The van der Waals surface area contributed by atoms with Gasteiger partial charge < -0.3 is 33.9 Å². The standard InChI is InChI=1S/C62H85N11O7S/c1-7-72-50-17-16-41-27-44(50)46(55(72)45-28-42(31-63-52(45)38(2)78-6)69-24-23-68-25-26-79-33-43(68)32-69)30-61(3,4)37-80-60(77)47-13-10-20-73(66-47)58(75)48(29-51-64-49(41)34-81-51)65-57(74)54(39-11-8-9-12-39)70-21-18-62(35-70)19-22-71(36-62)59(76)56-53(67(56)5)40-14-15-40/h16-17,27-28,31,34,38-40,43,47-48,53-54,56,66H,7-15,18-26,29-30,32-33,35-37H2,1-6H3,(H,65,74)/t38-,43-,47-,48-,53?,54?,56+,62-,67?/m0/s1. The fourth-order valence-electron chi connectivity index (χ4n) is 15.5. The molecular weight excluding hydrogens is 1040 g/mol. The smallest absolute Gasteiger partial charge is 0.324 e. The molecule has 19 heteroatoms. The quantitative estimate of drug-likeness (QED) is 0.127. The third-order valence-corrected chi connectivity index (χ3v) is 21.1. The molecule has 1 aromatic carbocycles. The highest BCUT2D eigenvalue weighted by Gasteiger charge is 2.59. The van der Waals surface area contributed by atoms with Crippen LogP contribution >= 0.6 is 11.3 Å². The Morgan fingerprint density at radius 2 is 1.81 bits per heavy atom. The highest BCUT2D eigenvalue weighted by atomic mass is 32.1. The number of carbonyl (C=O) groups excluding carboxylic acids is 4. The molecule has 2 aliphatic carbocycles. The van der Waals surface area contributed by atoms with Gasteiger partial charge in [0.05, 0.1) is 72.0 Å². The minimum Gasteiger partial charge on any atom is -0.464 e. The first-order valence-corrected chi connectivity index (χ1v) is 31.6. The van der Waals surface area contributed by atoms with Crippen LogP contribution in [0.15, 0.2) is 35.8 Å². The number of hydrazine groups is 1. The normalized spacial score (nSPS) is 30.2. The number of hydrogen-bond acceptors (Lipinski definition) is 15. The Morgan fingerprint density at radius 3 is 2.62 bits per heavy atom. The fraction of sp³-hybridized carbons (Fsp3) is 0.677. The van der Waals surface area contributed by atoms with Crippen LogP contribution in [-0.2, 0) is 52.8 Å². The Bertz CT molecular complexity index is 3040. The molecule has 1 spiro atoms. The summed E-state index contributed by atoms with van der Waals surface area (Å²) in [6.07, 6.45) is 12.1. The molecule has 3 unspecified atom stereocenters. The van der Waals surface area contributed by atoms with E-state index in [4.69, 9.17) is 24.2 Å². The summed E-state index contributed by atoms with van der Waals surface area (Å²) >= 11 is 1.51. The molecule has 6 bridgehead atoms. The van der Waals surface area contributed by atoms with Crippen molar-refractivity contribution < 1.29 is 33.4 Å². The van der Waals surface area contributed by atoms with E-state index in [0.29, 0.717) is 50.4 Å². The van der Waals surface area contributed by atoms with Gasteiger partial charge in [0.15, 0.2) is 0 Å². The van der Waals surface area contributed by atoms with E-state index in [-0.39, 0.29) is 54.2 Å². The van der Waals surface area contributed by atoms with Crippen LogP contribution < -0.4 is 15.6 Å². The molecule has 81 heavy (non-hydrogen) atoms. The number of fused-ring (bicyclic) bond motifs is 7. The molecule has 9 aliphatic rings. The van der Waals surface area contributed by atoms with Gasteiger partial charge in [-0.2, -0.15) is 0 Å². The lowest BCUT2D eigenvalue weighted by molar-refractivity contribution is -0.155. The summed E-state index contributed by atoms with van der Waals surface area (Å²) in [6.45, 7) is 18.1. The predicted octanol–water partition coefficient (Wildman–Crippen LogP) is 6.30. The minimum absolute atomic E-state index is 0.0216. The first kappa shape index (κ1) is 55.2. The summed E-state index contributed by atoms with van der Waals surface area (Å²) < 4.78 is 20.7. The lowest BCUT2D eigenvalue weighted by Gasteiger charge is -2.44. The van der Waals surface area contributed by atoms with E-state index in [0.717, 1.165) is 159 Å². The second-order valence-corrected chi connectivity index (χ2v) is 27.3. The van der Waals surface area contributed by atoms with E-state index in [1.54, 1.807) is 12.1 Å². The van der Waals surface area contributed by atoms with Crippen molar-refractivity contribution in [3.05, 3.63) is 52.1 Å². The number of pyridine rings is 1. The van der Waals surface area contributed by atoms with Gasteiger partial charge in [0, 0.05) is 117 Å². The third-order valence-electron chi connectivity index (χ3n) is 20.3. The number of likely N-dealkylation sites (N-methyl/N-ethyl adjacent to an activating group) is 1. The summed E-state index contributed by atoms with van der Waals surface area (Å²) in [7, 11) is 3.84. The summed E-state index contributed by atoms with van der Waals surface area (Å²) in [6, 6.07) is 7.62. The van der Waals surface area contributed by atoms with Crippen LogP contribution in [0, 0.1) is 22.7 Å². The Hall–Kier alpha value is -5.02. The zero-order chi connectivity index (χ0) is 55.9. The molecule has 18 nitrogen and oxygen atoms in total. The number of amides is 3. The summed E-state index contributed by atoms with van der Waals surface area (Å²) in [5.74, 6) is 0.321. The van der Waals surface area contributed by atoms with Gasteiger partial charge in [-0.3, -0.25) is 43.9 Å². The number of ether oxygens (including phenoxy) is 3. The van der Waals surface area contributed by atoms with Crippen LogP contribution in [0.25, 0.3) is 33.4 Å². The van der Waals surface area contributed by atoms with Gasteiger partial charge in [-0.05, 0) is 121 Å². The van der Waals surface area contributed by atoms with Crippen molar-refractivity contribution in [3.8, 4) is 22.5 Å². The number of thiazole rings is 1. The van der Waals surface area contributed by atoms with E-state index in [1.165, 1.54) is 24.2 Å². The lowest BCUT2D eigenvalue weighted by Crippen LogP contribution is -2.62. The molecule has 3 amide bonds. The summed E-state index contributed by atoms with van der Waals surface area (Å²) in [5.41, 5.74) is 10.8. The first-order valence-electron chi connectivity index (χ1n) is 30.7. The number of nitrogens with zero attached hydrogens (tertiary/aromatic N) is 9. The van der Waals surface area contributed by atoms with Crippen LogP contribution in [0.5, 0.6) is 0 Å². The average Bonchev–Trinajstić information content (AvgIpc) is 4.07. The van der Waals surface area contributed by atoms with Crippen LogP contribution in [0.1, 0.15) is 114 Å². The third kappa shape index (κ3) is 10.7. The van der Waals surface area contributed by atoms with Gasteiger partial charge >= 0.3 is 5.97 Å². The maximum atomic E-state index is 15.3. The average molecular weight is 1130 g/mol. The maximum Gasteiger partial charge on any atom is 0.324 e. The lowest BCUT2D eigenvalue weighted by atomic mass is 9.84. The summed E-state index contributed by atoms with van der Waals surface area (Å²) in [4.78, 5) is 80.9. The number of aryl methyl sites for hydroxylation is 1. The Kier molecular flexibility index (Phi) is 15.1. The van der Waals surface area contributed by atoms with Crippen LogP contribution in [0.4, 0.5) is 5.69 Å². The number of likely N-dealkylation sites (tertiary alicyclic amines) is 2. The van der Waals surface area contributed by atoms with Crippen molar-refractivity contribution in [3.63, 3.8) is 0 Å². The number of benzene rings is 1. The highest BCUT2D eigenvalue weighted by Crippen LogP contribution is 2.49. The number of anilines is 1. The minimum atomic E-state index is -0.935. The molecule has 2 saturated carbocycles. The van der Waals surface area contributed by atoms with E-state index >= 15 is 9.59 Å². The van der Waals surface area contributed by atoms with E-state index in [1.807, 2.05) is 6.20 Å². The number of hydrogen-bond donors (Lipinski definition) is 2. The Labute approximate surface area is 481 Å². The van der Waals surface area contributed by atoms with Crippen LogP contribution in [0.2, 0.25) is 0 Å². The molecular formula is C62H85N11O7S. The SMILES string of the molecule is CCn1c(-c2cc(N3CCN4CCOC[C@@H]4C3)cnc2[C@H](C)OC)c2c3cc(ccc31)-c1csc(n1)C[C@H](NC(=O)C(C1CCCC1)N1CC[C@]3(CCN(C(=O)[C@H]4C(C5CC5)N4C)C3)C1)C(=O)N1CCC[C@H](N1)C(=O)OCC(C)(C)C2. The monoisotopic (exact) mass is 1130 g/mol. The molecule has 9 atom stereocenters. The van der Waals surface area contributed by atoms with Crippen molar-refractivity contribution in [1.82, 2.24) is 49.9 Å². The molecule has 13 rings (SSSR count). The molecule has 3 aromatic heterocycles. The van der Waals surface area contributed by atoms with Crippen LogP contribution in [-0.4, -0.2) is 192 Å². The number of piperazine rings is 1. The maximum absolute atomic E-state index is 15.3. The number of esters is 1. The molecule has 2 N–H and O–H groups in total. The van der Waals surface area contributed by atoms with Crippen molar-refractivity contribution in [1.29, 1.82) is 0 Å². The summed E-state index contributed by atoms with van der Waals surface area (Å²) in [5, 5.41) is 8.83. The molecule has 7 aliphatic heterocycles. The zero-order valence-electron chi connectivity index (χ0n) is 48.6. The molecule has 4 aromatic rings. The van der Waals surface area contributed by atoms with Gasteiger partial charge in [0.1, 0.15) is 18.1 Å². The zero-order valence-corrected chi connectivity index (χ0v) is 49.4. The van der Waals surface area contributed by atoms with E-state index in [9.17, 15) is 9.59 Å². The Morgan fingerprint density at radius 1 is 0.988 bits per heavy atom. The van der Waals surface area contributed by atoms with Crippen LogP contribution in [0.3, 0.4) is 0 Å². The van der Waals surface area contributed by atoms with Gasteiger partial charge in [-0.15, -0.1) is 11.3 Å². The van der Waals surface area contributed by atoms with Gasteiger partial charge in [0.2, 0.25) is 11.8 Å². The van der Waals surface area contributed by atoms with Crippen molar-refractivity contribution in [2.24, 2.45) is 22.7 Å². The predicted molar refractivity (Wildman–Crippen MR) is 311 cm³/mol. The second kappa shape index (κ2) is 22.2. The Balaban J connectivity index is 0.823. The molecule has 0 radical (unpaired) electrons. The first-order chi connectivity index (χ1) is 39.2. The fourth-order valence-corrected chi connectivity index (χ4v) is 16.4. The van der Waals surface area contributed by atoms with E-state index in [2.05, 4.69) is 104 Å². The van der Waals surface area contributed by atoms with Crippen molar-refractivity contribution >= 4 is 51.6 Å². The number of rotatable bonds is 11. The topological polar surface area (TPSA) is 170 Å². The van der Waals surface area contributed by atoms with E-state index < -0.39 is 29.5 Å². The second-order valence-electron chi connectivity index (χ2n) is 26.3. The molecule has 10 heterocycles. The number of carbonyl (C=O) groups is 4. The number of morpholine rings is 1. The highest BCUT2D eigenvalue weighted by molar-refractivity contribution is 7.10. The van der Waals surface area contributed by atoms with Gasteiger partial charge in [-0.1, -0.05) is 32.8 Å². The van der Waals surface area contributed by atoms with Gasteiger partial charge in [-0.25, -0.2) is 10.4 Å².